The maximum atomic E-state index is 11.9. The van der Waals surface area contributed by atoms with Crippen molar-refractivity contribution in [2.24, 2.45) is 5.92 Å². The average Bonchev–Trinajstić information content (AvgIpc) is 2.47. The predicted octanol–water partition coefficient (Wildman–Crippen LogP) is 3.24. The normalized spacial score (nSPS) is 24.1. The van der Waals surface area contributed by atoms with Gasteiger partial charge in [-0.05, 0) is 25.3 Å². The number of nitrogens with zero attached hydrogens (tertiary/aromatic N) is 1. The van der Waals surface area contributed by atoms with Crippen LogP contribution in [0.15, 0.2) is 30.3 Å². The van der Waals surface area contributed by atoms with E-state index in [2.05, 4.69) is 12.1 Å². The van der Waals surface area contributed by atoms with Gasteiger partial charge in [-0.3, -0.25) is 4.79 Å². The van der Waals surface area contributed by atoms with E-state index in [4.69, 9.17) is 16.3 Å². The van der Waals surface area contributed by atoms with Gasteiger partial charge in [-0.1, -0.05) is 30.3 Å². The Bertz CT molecular complexity index is 435. The molecule has 1 aromatic rings. The van der Waals surface area contributed by atoms with E-state index in [-0.39, 0.29) is 12.0 Å². The summed E-state index contributed by atoms with van der Waals surface area (Å²) in [6, 6.07) is 10.2. The molecule has 0 aromatic heterocycles. The Morgan fingerprint density at radius 2 is 2.15 bits per heavy atom. The molecule has 0 saturated carbocycles. The maximum absolute atomic E-state index is 11.9. The van der Waals surface area contributed by atoms with E-state index in [0.717, 1.165) is 19.4 Å². The van der Waals surface area contributed by atoms with Crippen LogP contribution < -0.4 is 0 Å². The monoisotopic (exact) mass is 295 g/mol. The van der Waals surface area contributed by atoms with Crippen LogP contribution in [0.25, 0.3) is 0 Å². The highest BCUT2D eigenvalue weighted by Crippen LogP contribution is 2.34. The van der Waals surface area contributed by atoms with Gasteiger partial charge in [0, 0.05) is 26.1 Å². The molecule has 4 heteroatoms. The van der Waals surface area contributed by atoms with Gasteiger partial charge in [0.2, 0.25) is 5.91 Å². The second kappa shape index (κ2) is 7.09. The molecule has 2 rings (SSSR count). The number of ether oxygens (including phenoxy) is 1. The standard InChI is InChI=1S/C16H22ClNO2/c1-12(17)16(19)18(2)11-14-9-6-10-20-15(14)13-7-4-3-5-8-13/h3-5,7-8,12,14-15H,6,9-11H2,1-2H3. The van der Waals surface area contributed by atoms with Crippen molar-refractivity contribution in [1.82, 2.24) is 4.90 Å². The predicted molar refractivity (Wildman–Crippen MR) is 80.8 cm³/mol. The SMILES string of the molecule is CC(Cl)C(=O)N(C)CC1CCCOC1c1ccccc1. The Balaban J connectivity index is 2.06. The minimum absolute atomic E-state index is 0.0240. The first-order chi connectivity index (χ1) is 9.59. The van der Waals surface area contributed by atoms with Gasteiger partial charge in [0.15, 0.2) is 0 Å². The molecule has 0 radical (unpaired) electrons. The van der Waals surface area contributed by atoms with Crippen molar-refractivity contribution < 1.29 is 9.53 Å². The van der Waals surface area contributed by atoms with Gasteiger partial charge < -0.3 is 9.64 Å². The molecule has 0 aliphatic carbocycles. The van der Waals surface area contributed by atoms with Crippen LogP contribution in [-0.4, -0.2) is 36.4 Å². The summed E-state index contributed by atoms with van der Waals surface area (Å²) >= 11 is 5.87. The second-order valence-corrected chi connectivity index (χ2v) is 6.09. The summed E-state index contributed by atoms with van der Waals surface area (Å²) in [5.74, 6) is 0.305. The first-order valence-corrected chi connectivity index (χ1v) is 7.59. The molecule has 1 amide bonds. The molecular weight excluding hydrogens is 274 g/mol. The highest BCUT2D eigenvalue weighted by Gasteiger charge is 2.29. The van der Waals surface area contributed by atoms with E-state index in [1.807, 2.05) is 25.2 Å². The summed E-state index contributed by atoms with van der Waals surface area (Å²) in [5, 5.41) is -0.473. The zero-order chi connectivity index (χ0) is 14.5. The van der Waals surface area contributed by atoms with Crippen molar-refractivity contribution >= 4 is 17.5 Å². The molecule has 0 N–H and O–H groups in total. The van der Waals surface area contributed by atoms with Crippen LogP contribution >= 0.6 is 11.6 Å². The van der Waals surface area contributed by atoms with Crippen LogP contribution in [0, 0.1) is 5.92 Å². The first kappa shape index (κ1) is 15.3. The number of hydrogen-bond acceptors (Lipinski definition) is 2. The highest BCUT2D eigenvalue weighted by molar-refractivity contribution is 6.30. The summed E-state index contributed by atoms with van der Waals surface area (Å²) in [5.41, 5.74) is 1.19. The molecule has 1 aromatic carbocycles. The summed E-state index contributed by atoms with van der Waals surface area (Å²) in [4.78, 5) is 13.6. The second-order valence-electron chi connectivity index (χ2n) is 5.44. The zero-order valence-electron chi connectivity index (χ0n) is 12.1. The molecule has 3 nitrogen and oxygen atoms in total. The molecule has 0 spiro atoms. The Labute approximate surface area is 125 Å². The quantitative estimate of drug-likeness (QED) is 0.798. The molecule has 1 heterocycles. The van der Waals surface area contributed by atoms with Crippen LogP contribution in [0.4, 0.5) is 0 Å². The first-order valence-electron chi connectivity index (χ1n) is 7.15. The Hall–Kier alpha value is -1.06. The van der Waals surface area contributed by atoms with Crippen LogP contribution in [0.1, 0.15) is 31.4 Å². The van der Waals surface area contributed by atoms with E-state index < -0.39 is 5.38 Å². The van der Waals surface area contributed by atoms with Crippen LogP contribution in [-0.2, 0) is 9.53 Å². The zero-order valence-corrected chi connectivity index (χ0v) is 12.8. The molecule has 110 valence electrons. The van der Waals surface area contributed by atoms with Crippen molar-refractivity contribution in [2.75, 3.05) is 20.2 Å². The Kier molecular flexibility index (Phi) is 5.44. The fourth-order valence-electron chi connectivity index (χ4n) is 2.79. The average molecular weight is 296 g/mol. The summed E-state index contributed by atoms with van der Waals surface area (Å²) < 4.78 is 5.95. The smallest absolute Gasteiger partial charge is 0.240 e. The summed E-state index contributed by atoms with van der Waals surface area (Å²) in [6.07, 6.45) is 2.20. The van der Waals surface area contributed by atoms with Crippen LogP contribution in [0.2, 0.25) is 0 Å². The lowest BCUT2D eigenvalue weighted by Gasteiger charge is -2.35. The third-order valence-electron chi connectivity index (χ3n) is 3.80. The van der Waals surface area contributed by atoms with Gasteiger partial charge in [-0.15, -0.1) is 11.6 Å². The molecule has 3 atom stereocenters. The van der Waals surface area contributed by atoms with Gasteiger partial charge >= 0.3 is 0 Å². The number of hydrogen-bond donors (Lipinski definition) is 0. The van der Waals surface area contributed by atoms with Crippen molar-refractivity contribution in [1.29, 1.82) is 0 Å². The molecule has 0 bridgehead atoms. The minimum Gasteiger partial charge on any atom is -0.373 e. The molecular formula is C16H22ClNO2. The highest BCUT2D eigenvalue weighted by atomic mass is 35.5. The van der Waals surface area contributed by atoms with Crippen LogP contribution in [0.3, 0.4) is 0 Å². The van der Waals surface area contributed by atoms with Gasteiger partial charge in [0.05, 0.1) is 6.10 Å². The molecule has 3 unspecified atom stereocenters. The topological polar surface area (TPSA) is 29.5 Å². The third-order valence-corrected chi connectivity index (χ3v) is 3.98. The Morgan fingerprint density at radius 1 is 1.45 bits per heavy atom. The molecule has 1 fully saturated rings. The third kappa shape index (κ3) is 3.74. The fraction of sp³-hybridized carbons (Fsp3) is 0.562. The fourth-order valence-corrected chi connectivity index (χ4v) is 2.95. The Morgan fingerprint density at radius 3 is 2.80 bits per heavy atom. The number of alkyl halides is 1. The lowest BCUT2D eigenvalue weighted by atomic mass is 9.89. The number of rotatable bonds is 4. The molecule has 1 saturated heterocycles. The number of amides is 1. The van der Waals surface area contributed by atoms with E-state index in [0.29, 0.717) is 12.5 Å². The van der Waals surface area contributed by atoms with E-state index in [1.165, 1.54) is 5.56 Å². The van der Waals surface area contributed by atoms with Crippen LogP contribution in [0.5, 0.6) is 0 Å². The van der Waals surface area contributed by atoms with Crippen molar-refractivity contribution in [2.45, 2.75) is 31.2 Å². The van der Waals surface area contributed by atoms with Gasteiger partial charge in [-0.25, -0.2) is 0 Å². The summed E-state index contributed by atoms with van der Waals surface area (Å²) in [7, 11) is 1.82. The number of carbonyl (C=O) groups excluding carboxylic acids is 1. The van der Waals surface area contributed by atoms with Crippen molar-refractivity contribution in [3.63, 3.8) is 0 Å². The van der Waals surface area contributed by atoms with Crippen molar-refractivity contribution in [3.8, 4) is 0 Å². The number of carbonyl (C=O) groups is 1. The largest absolute Gasteiger partial charge is 0.373 e. The minimum atomic E-state index is -0.473. The van der Waals surface area contributed by atoms with E-state index in [1.54, 1.807) is 11.8 Å². The number of halogens is 1. The molecule has 1 aliphatic rings. The van der Waals surface area contributed by atoms with Gasteiger partial charge in [-0.2, -0.15) is 0 Å². The lowest BCUT2D eigenvalue weighted by Crippen LogP contribution is -2.39. The summed E-state index contributed by atoms with van der Waals surface area (Å²) in [6.45, 7) is 3.20. The van der Waals surface area contributed by atoms with Crippen molar-refractivity contribution in [3.05, 3.63) is 35.9 Å². The lowest BCUT2D eigenvalue weighted by molar-refractivity contribution is -0.131. The number of benzene rings is 1. The molecule has 20 heavy (non-hydrogen) atoms. The van der Waals surface area contributed by atoms with E-state index in [9.17, 15) is 4.79 Å². The van der Waals surface area contributed by atoms with Gasteiger partial charge in [0.1, 0.15) is 5.38 Å². The maximum Gasteiger partial charge on any atom is 0.240 e. The van der Waals surface area contributed by atoms with Gasteiger partial charge in [0.25, 0.3) is 0 Å². The van der Waals surface area contributed by atoms with E-state index >= 15 is 0 Å². The molecule has 1 aliphatic heterocycles.